The lowest BCUT2D eigenvalue weighted by molar-refractivity contribution is 0.0959. The van der Waals surface area contributed by atoms with Gasteiger partial charge in [-0.25, -0.2) is 0 Å². The third kappa shape index (κ3) is 1.30. The summed E-state index contributed by atoms with van der Waals surface area (Å²) < 4.78 is 0. The average molecular weight is 215 g/mol. The van der Waals surface area contributed by atoms with Crippen molar-refractivity contribution in [1.82, 2.24) is 15.5 Å². The number of nitrogens with one attached hydrogen (secondary N) is 2. The van der Waals surface area contributed by atoms with E-state index in [9.17, 15) is 4.79 Å². The molecule has 4 heteroatoms. The Morgan fingerprint density at radius 2 is 2.31 bits per heavy atom. The van der Waals surface area contributed by atoms with Crippen molar-refractivity contribution in [3.63, 3.8) is 0 Å². The zero-order valence-corrected chi connectivity index (χ0v) is 9.08. The van der Waals surface area contributed by atoms with Crippen molar-refractivity contribution in [2.45, 2.75) is 18.8 Å². The topological polar surface area (TPSA) is 57.8 Å². The van der Waals surface area contributed by atoms with Crippen LogP contribution in [0.3, 0.4) is 0 Å². The lowest BCUT2D eigenvalue weighted by atomic mass is 10.0. The Kier molecular flexibility index (Phi) is 1.96. The van der Waals surface area contributed by atoms with Crippen LogP contribution in [-0.4, -0.2) is 23.2 Å². The molecule has 16 heavy (non-hydrogen) atoms. The van der Waals surface area contributed by atoms with Gasteiger partial charge in [-0.15, -0.1) is 0 Å². The fraction of sp³-hybridized carbons (Fsp3) is 0.333. The van der Waals surface area contributed by atoms with Gasteiger partial charge < -0.3 is 5.32 Å². The number of H-pyrrole nitrogens is 1. The molecule has 1 aliphatic carbocycles. The highest BCUT2D eigenvalue weighted by Crippen LogP contribution is 2.43. The predicted molar refractivity (Wildman–Crippen MR) is 61.5 cm³/mol. The molecule has 1 aliphatic rings. The maximum atomic E-state index is 11.7. The van der Waals surface area contributed by atoms with Crippen LogP contribution >= 0.6 is 0 Å². The first kappa shape index (κ1) is 9.39. The summed E-state index contributed by atoms with van der Waals surface area (Å²) in [7, 11) is 1.63. The largest absolute Gasteiger partial charge is 0.354 e. The van der Waals surface area contributed by atoms with Crippen LogP contribution in [0.2, 0.25) is 0 Å². The summed E-state index contributed by atoms with van der Waals surface area (Å²) in [4.78, 5) is 11.7. The third-order valence-corrected chi connectivity index (χ3v) is 3.08. The van der Waals surface area contributed by atoms with E-state index in [1.54, 1.807) is 7.05 Å². The van der Waals surface area contributed by atoms with E-state index in [0.29, 0.717) is 11.6 Å². The molecular weight excluding hydrogens is 202 g/mol. The van der Waals surface area contributed by atoms with Crippen molar-refractivity contribution in [1.29, 1.82) is 0 Å². The second-order valence-corrected chi connectivity index (χ2v) is 4.20. The highest BCUT2D eigenvalue weighted by atomic mass is 16.1. The molecule has 0 aliphatic heterocycles. The first-order chi connectivity index (χ1) is 7.81. The van der Waals surface area contributed by atoms with Gasteiger partial charge in [0.15, 0.2) is 5.69 Å². The van der Waals surface area contributed by atoms with Gasteiger partial charge in [-0.3, -0.25) is 9.89 Å². The van der Waals surface area contributed by atoms with E-state index in [1.165, 1.54) is 18.4 Å². The molecule has 1 aromatic carbocycles. The zero-order valence-electron chi connectivity index (χ0n) is 9.08. The number of benzene rings is 1. The number of rotatable bonds is 2. The number of carbonyl (C=O) groups is 1. The molecule has 1 aromatic heterocycles. The van der Waals surface area contributed by atoms with Crippen molar-refractivity contribution in [3.8, 4) is 0 Å². The van der Waals surface area contributed by atoms with Crippen molar-refractivity contribution in [2.75, 3.05) is 7.05 Å². The standard InChI is InChI=1S/C12H13N3O/c1-13-12(16)11-10-8(7-5-6-7)3-2-4-9(10)14-15-11/h2-4,7H,5-6H2,1H3,(H,13,16)(H,14,15). The number of fused-ring (bicyclic) bond motifs is 1. The van der Waals surface area contributed by atoms with Crippen LogP contribution in [0.5, 0.6) is 0 Å². The summed E-state index contributed by atoms with van der Waals surface area (Å²) in [5, 5.41) is 10.6. The monoisotopic (exact) mass is 215 g/mol. The van der Waals surface area contributed by atoms with Gasteiger partial charge in [-0.05, 0) is 30.4 Å². The molecule has 0 bridgehead atoms. The van der Waals surface area contributed by atoms with Crippen LogP contribution in [0.25, 0.3) is 10.9 Å². The molecule has 0 spiro atoms. The van der Waals surface area contributed by atoms with E-state index in [-0.39, 0.29) is 5.91 Å². The fourth-order valence-corrected chi connectivity index (χ4v) is 2.12. The van der Waals surface area contributed by atoms with Crippen LogP contribution in [0.4, 0.5) is 0 Å². The SMILES string of the molecule is CNC(=O)c1n[nH]c2cccc(C3CC3)c12. The smallest absolute Gasteiger partial charge is 0.272 e. The highest BCUT2D eigenvalue weighted by molar-refractivity contribution is 6.06. The quantitative estimate of drug-likeness (QED) is 0.802. The minimum atomic E-state index is -0.126. The van der Waals surface area contributed by atoms with Gasteiger partial charge in [0.2, 0.25) is 0 Å². The molecule has 2 N–H and O–H groups in total. The highest BCUT2D eigenvalue weighted by Gasteiger charge is 2.28. The number of hydrogen-bond acceptors (Lipinski definition) is 2. The first-order valence-corrected chi connectivity index (χ1v) is 5.50. The molecule has 3 rings (SSSR count). The van der Waals surface area contributed by atoms with Crippen molar-refractivity contribution < 1.29 is 4.79 Å². The summed E-state index contributed by atoms with van der Waals surface area (Å²) in [5.41, 5.74) is 2.72. The van der Waals surface area contributed by atoms with Crippen LogP contribution in [0.15, 0.2) is 18.2 Å². The molecule has 2 aromatic rings. The summed E-state index contributed by atoms with van der Waals surface area (Å²) in [5.74, 6) is 0.490. The molecule has 1 amide bonds. The van der Waals surface area contributed by atoms with Gasteiger partial charge in [0.25, 0.3) is 5.91 Å². The molecule has 0 radical (unpaired) electrons. The van der Waals surface area contributed by atoms with Gasteiger partial charge in [-0.1, -0.05) is 12.1 Å². The van der Waals surface area contributed by atoms with Crippen molar-refractivity contribution >= 4 is 16.8 Å². The number of nitrogens with zero attached hydrogens (tertiary/aromatic N) is 1. The second kappa shape index (κ2) is 3.33. The number of carbonyl (C=O) groups excluding carboxylic acids is 1. The second-order valence-electron chi connectivity index (χ2n) is 4.20. The van der Waals surface area contributed by atoms with E-state index >= 15 is 0 Å². The molecule has 1 saturated carbocycles. The average Bonchev–Trinajstić information content (AvgIpc) is 3.07. The number of hydrogen-bond donors (Lipinski definition) is 2. The Hall–Kier alpha value is -1.84. The molecular formula is C12H13N3O. The molecule has 0 saturated heterocycles. The molecule has 1 fully saturated rings. The molecule has 1 heterocycles. The van der Waals surface area contributed by atoms with Gasteiger partial charge in [0, 0.05) is 12.4 Å². The normalized spacial score (nSPS) is 15.3. The Morgan fingerprint density at radius 1 is 1.50 bits per heavy atom. The Balaban J connectivity index is 2.25. The minimum absolute atomic E-state index is 0.126. The van der Waals surface area contributed by atoms with E-state index < -0.39 is 0 Å². The minimum Gasteiger partial charge on any atom is -0.354 e. The lowest BCUT2D eigenvalue weighted by Crippen LogP contribution is -2.18. The molecule has 0 atom stereocenters. The predicted octanol–water partition coefficient (Wildman–Crippen LogP) is 1.80. The van der Waals surface area contributed by atoms with Crippen molar-refractivity contribution in [2.24, 2.45) is 0 Å². The van der Waals surface area contributed by atoms with Gasteiger partial charge in [0.1, 0.15) is 0 Å². The first-order valence-electron chi connectivity index (χ1n) is 5.50. The summed E-state index contributed by atoms with van der Waals surface area (Å²) >= 11 is 0. The zero-order chi connectivity index (χ0) is 11.1. The van der Waals surface area contributed by atoms with Gasteiger partial charge in [0.05, 0.1) is 5.52 Å². The van der Waals surface area contributed by atoms with Crippen LogP contribution in [0, 0.1) is 0 Å². The van der Waals surface area contributed by atoms with Gasteiger partial charge in [-0.2, -0.15) is 5.10 Å². The van der Waals surface area contributed by atoms with Crippen molar-refractivity contribution in [3.05, 3.63) is 29.5 Å². The van der Waals surface area contributed by atoms with E-state index in [1.807, 2.05) is 12.1 Å². The number of aromatic amines is 1. The maximum Gasteiger partial charge on any atom is 0.272 e. The molecule has 4 nitrogen and oxygen atoms in total. The third-order valence-electron chi connectivity index (χ3n) is 3.08. The van der Waals surface area contributed by atoms with E-state index in [2.05, 4.69) is 21.6 Å². The maximum absolute atomic E-state index is 11.7. The van der Waals surface area contributed by atoms with Crippen LogP contribution in [0.1, 0.15) is 34.8 Å². The number of amides is 1. The lowest BCUT2D eigenvalue weighted by Gasteiger charge is -2.02. The number of aromatic nitrogens is 2. The van der Waals surface area contributed by atoms with E-state index in [4.69, 9.17) is 0 Å². The molecule has 0 unspecified atom stereocenters. The Labute approximate surface area is 93.0 Å². The Bertz CT molecular complexity index is 554. The van der Waals surface area contributed by atoms with E-state index in [0.717, 1.165) is 10.9 Å². The summed E-state index contributed by atoms with van der Waals surface area (Å²) in [6.07, 6.45) is 2.44. The fourth-order valence-electron chi connectivity index (χ4n) is 2.12. The Morgan fingerprint density at radius 3 is 3.00 bits per heavy atom. The van der Waals surface area contributed by atoms with Crippen LogP contribution in [-0.2, 0) is 0 Å². The summed E-state index contributed by atoms with van der Waals surface area (Å²) in [6, 6.07) is 6.07. The van der Waals surface area contributed by atoms with Crippen LogP contribution < -0.4 is 5.32 Å². The molecule has 82 valence electrons. The summed E-state index contributed by atoms with van der Waals surface area (Å²) in [6.45, 7) is 0. The van der Waals surface area contributed by atoms with Gasteiger partial charge >= 0.3 is 0 Å².